The van der Waals surface area contributed by atoms with Gasteiger partial charge in [0.05, 0.1) is 45.6 Å². The Bertz CT molecular complexity index is 3220. The highest BCUT2D eigenvalue weighted by Gasteiger charge is 2.20. The van der Waals surface area contributed by atoms with Gasteiger partial charge in [-0.2, -0.15) is 9.97 Å². The zero-order valence-electron chi connectivity index (χ0n) is 35.7. The molecule has 0 saturated heterocycles. The Morgan fingerprint density at radius 1 is 0.432 bits per heavy atom. The molecule has 9 aromatic rings. The van der Waals surface area contributed by atoms with Crippen LogP contribution >= 0.6 is 0 Å². The van der Waals surface area contributed by atoms with E-state index in [9.17, 15) is 0 Å². The summed E-state index contributed by atoms with van der Waals surface area (Å²) in [5, 5.41) is 1.51. The van der Waals surface area contributed by atoms with E-state index in [1.165, 1.54) is 4.57 Å². The highest BCUT2D eigenvalue weighted by molar-refractivity contribution is 6.10. The van der Waals surface area contributed by atoms with Crippen molar-refractivity contribution in [3.8, 4) is 34.4 Å². The van der Waals surface area contributed by atoms with Crippen LogP contribution < -0.4 is 0 Å². The van der Waals surface area contributed by atoms with E-state index < -0.39 is 54.4 Å². The summed E-state index contributed by atoms with van der Waals surface area (Å²) in [7, 11) is 0. The van der Waals surface area contributed by atoms with Crippen molar-refractivity contribution in [2.75, 3.05) is 0 Å². The predicted octanol–water partition coefficient (Wildman–Crippen LogP) is 9.40. The molecule has 0 saturated carbocycles. The summed E-state index contributed by atoms with van der Waals surface area (Å²) in [5.41, 5.74) is 1.51. The molecule has 0 aliphatic rings. The second-order valence-electron chi connectivity index (χ2n) is 9.95. The maximum atomic E-state index is 9.02. The zero-order valence-corrected chi connectivity index (χ0v) is 22.7. The summed E-state index contributed by atoms with van der Waals surface area (Å²) in [6.45, 7) is 0. The first-order valence-electron chi connectivity index (χ1n) is 20.2. The van der Waals surface area contributed by atoms with Crippen molar-refractivity contribution in [3.05, 3.63) is 151 Å². The molecule has 3 aromatic heterocycles. The Balaban J connectivity index is 1.45. The Hall–Kier alpha value is -6.07. The Kier molecular flexibility index (Phi) is 3.30. The van der Waals surface area contributed by atoms with Gasteiger partial charge in [-0.05, 0) is 36.4 Å². The lowest BCUT2D eigenvalue weighted by Gasteiger charge is -2.15. The van der Waals surface area contributed by atoms with Gasteiger partial charge in [-0.3, -0.25) is 4.57 Å². The van der Waals surface area contributed by atoms with Crippen molar-refractivity contribution in [1.82, 2.24) is 24.1 Å². The molecule has 5 nitrogen and oxygen atoms in total. The smallest absolute Gasteiger partial charge is 0.238 e. The van der Waals surface area contributed by atoms with Gasteiger partial charge in [0, 0.05) is 32.7 Å². The van der Waals surface area contributed by atoms with E-state index in [4.69, 9.17) is 27.8 Å². The zero-order chi connectivity index (χ0) is 40.3. The van der Waals surface area contributed by atoms with Gasteiger partial charge in [-0.25, -0.2) is 4.98 Å². The molecule has 3 heterocycles. The number of para-hydroxylation sites is 5. The predicted molar refractivity (Wildman–Crippen MR) is 179 cm³/mol. The molecule has 0 spiro atoms. The van der Waals surface area contributed by atoms with Crippen LogP contribution in [0.15, 0.2) is 151 Å². The van der Waals surface area contributed by atoms with Crippen LogP contribution in [0.5, 0.6) is 0 Å². The average Bonchev–Trinajstić information content (AvgIpc) is 3.76. The van der Waals surface area contributed by atoms with Crippen LogP contribution in [0.4, 0.5) is 0 Å². The van der Waals surface area contributed by atoms with Crippen molar-refractivity contribution >= 4 is 43.6 Å². The molecule has 5 heteroatoms. The maximum absolute atomic E-state index is 9.02. The van der Waals surface area contributed by atoms with Gasteiger partial charge in [0.15, 0.2) is 11.6 Å². The molecule has 0 aliphatic heterocycles. The van der Waals surface area contributed by atoms with Crippen LogP contribution in [-0.4, -0.2) is 24.1 Å². The molecule has 0 aliphatic carbocycles. The lowest BCUT2D eigenvalue weighted by Crippen LogP contribution is -2.07. The highest BCUT2D eigenvalue weighted by atomic mass is 15.2. The third-order valence-electron chi connectivity index (χ3n) is 7.54. The van der Waals surface area contributed by atoms with E-state index in [0.717, 1.165) is 0 Å². The molecule has 0 N–H and O–H groups in total. The molecule has 0 unspecified atom stereocenters. The van der Waals surface area contributed by atoms with Gasteiger partial charge >= 0.3 is 0 Å². The fraction of sp³-hybridized carbons (Fsp3) is 0. The van der Waals surface area contributed by atoms with Gasteiger partial charge in [-0.1, -0.05) is 115 Å². The SMILES string of the molecule is [2H]c1c([2H])c([2H])c(-c2nc(-c3ccccc3-n3c4ccccc4c4c([2H])c([2H])c([2H])c([2H])c43)nc(-n3c4ccccc4c4c([2H])c([2H])c([2H])c([2H])c43)n2)c([2H])c1[2H]. The molecule has 0 fully saturated rings. The summed E-state index contributed by atoms with van der Waals surface area (Å²) in [5.74, 6) is -0.578. The van der Waals surface area contributed by atoms with Crippen LogP contribution in [0.25, 0.3) is 78.0 Å². The van der Waals surface area contributed by atoms with Gasteiger partial charge in [-0.15, -0.1) is 0 Å². The summed E-state index contributed by atoms with van der Waals surface area (Å²) in [4.78, 5) is 14.3. The molecule has 0 atom stereocenters. The topological polar surface area (TPSA) is 48.5 Å². The van der Waals surface area contributed by atoms with E-state index in [0.29, 0.717) is 38.4 Å². The summed E-state index contributed by atoms with van der Waals surface area (Å²) < 4.78 is 116. The minimum atomic E-state index is -0.625. The van der Waals surface area contributed by atoms with Gasteiger partial charge in [0.1, 0.15) is 0 Å². The number of rotatable bonds is 4. The summed E-state index contributed by atoms with van der Waals surface area (Å²) in [6.07, 6.45) is 0. The number of hydrogen-bond acceptors (Lipinski definition) is 3. The number of aromatic nitrogens is 5. The van der Waals surface area contributed by atoms with Crippen molar-refractivity contribution in [2.24, 2.45) is 0 Å². The molecule has 6 aromatic carbocycles. The molecule has 0 radical (unpaired) electrons. The Morgan fingerprint density at radius 2 is 0.977 bits per heavy atom. The largest absolute Gasteiger partial charge is 0.309 e. The lowest BCUT2D eigenvalue weighted by molar-refractivity contribution is 0.951. The third kappa shape index (κ3) is 3.69. The van der Waals surface area contributed by atoms with Crippen molar-refractivity contribution in [1.29, 1.82) is 0 Å². The maximum Gasteiger partial charge on any atom is 0.238 e. The van der Waals surface area contributed by atoms with Crippen LogP contribution in [0.1, 0.15) is 17.8 Å². The van der Waals surface area contributed by atoms with Gasteiger partial charge in [0.25, 0.3) is 0 Å². The number of nitrogens with zero attached hydrogens (tertiary/aromatic N) is 5. The first-order valence-corrected chi connectivity index (χ1v) is 13.7. The van der Waals surface area contributed by atoms with E-state index in [1.54, 1.807) is 77.4 Å². The standard InChI is InChI=1S/C39H25N5/c1-2-14-26(15-3-1)37-40-38(42-39(41-37)44-34-23-11-6-18-29(34)30-19-7-12-24-35(30)44)31-20-8-13-25-36(31)43-32-21-9-4-16-27(32)28-17-5-10-22-33(28)43/h1-25H/i1D,2D,3D,4D,6D,9D,11D,14D,15D,16D,18D,21D,23D. The molecule has 0 amide bonds. The first kappa shape index (κ1) is 14.9. The second kappa shape index (κ2) is 9.75. The lowest BCUT2D eigenvalue weighted by atomic mass is 10.1. The molecular formula is C39H25N5. The Labute approximate surface area is 271 Å². The average molecular weight is 577 g/mol. The van der Waals surface area contributed by atoms with Crippen molar-refractivity contribution in [2.45, 2.75) is 0 Å². The minimum Gasteiger partial charge on any atom is -0.309 e. The van der Waals surface area contributed by atoms with E-state index >= 15 is 0 Å². The van der Waals surface area contributed by atoms with Crippen LogP contribution in [0.3, 0.4) is 0 Å². The monoisotopic (exact) mass is 576 g/mol. The first-order chi connectivity index (χ1) is 27.2. The Morgan fingerprint density at radius 3 is 1.70 bits per heavy atom. The molecule has 9 rings (SSSR count). The third-order valence-corrected chi connectivity index (χ3v) is 7.54. The van der Waals surface area contributed by atoms with Gasteiger partial charge < -0.3 is 4.57 Å². The normalized spacial score (nSPS) is 15.8. The number of fused-ring (bicyclic) bond motifs is 6. The van der Waals surface area contributed by atoms with E-state index in [-0.39, 0.29) is 63.7 Å². The van der Waals surface area contributed by atoms with Crippen LogP contribution in [-0.2, 0) is 0 Å². The summed E-state index contributed by atoms with van der Waals surface area (Å²) in [6, 6.07) is 14.7. The van der Waals surface area contributed by atoms with E-state index in [1.807, 2.05) is 0 Å². The van der Waals surface area contributed by atoms with Gasteiger partial charge in [0.2, 0.25) is 5.95 Å². The fourth-order valence-corrected chi connectivity index (χ4v) is 5.71. The fourth-order valence-electron chi connectivity index (χ4n) is 5.71. The molecule has 44 heavy (non-hydrogen) atoms. The van der Waals surface area contributed by atoms with E-state index in [2.05, 4.69) is 4.98 Å². The minimum absolute atomic E-state index is 0.0399. The molecule has 0 bridgehead atoms. The molecular weight excluding hydrogens is 538 g/mol. The quantitative estimate of drug-likeness (QED) is 0.210. The summed E-state index contributed by atoms with van der Waals surface area (Å²) >= 11 is 0. The van der Waals surface area contributed by atoms with Crippen LogP contribution in [0.2, 0.25) is 0 Å². The number of hydrogen-bond donors (Lipinski definition) is 0. The van der Waals surface area contributed by atoms with Crippen molar-refractivity contribution < 1.29 is 17.8 Å². The molecule has 206 valence electrons. The van der Waals surface area contributed by atoms with Crippen LogP contribution in [0, 0.1) is 0 Å². The second-order valence-corrected chi connectivity index (χ2v) is 9.95. The van der Waals surface area contributed by atoms with Crippen molar-refractivity contribution in [3.63, 3.8) is 0 Å². The number of benzene rings is 6. The highest BCUT2D eigenvalue weighted by Crippen LogP contribution is 2.36.